The lowest BCUT2D eigenvalue weighted by Crippen LogP contribution is -2.21. The molecule has 6 heteroatoms. The Balaban J connectivity index is 1.44. The average Bonchev–Trinajstić information content (AvgIpc) is 3.16. The molecule has 1 heterocycles. The maximum absolute atomic E-state index is 5.84. The molecule has 0 radical (unpaired) electrons. The number of benzene rings is 2. The number of nitrogens with zero attached hydrogens (tertiary/aromatic N) is 3. The number of ether oxygens (including phenoxy) is 2. The van der Waals surface area contributed by atoms with E-state index in [9.17, 15) is 0 Å². The highest BCUT2D eigenvalue weighted by Crippen LogP contribution is 2.20. The number of para-hydroxylation sites is 1. The molecule has 0 saturated carbocycles. The van der Waals surface area contributed by atoms with E-state index in [0.29, 0.717) is 31.5 Å². The van der Waals surface area contributed by atoms with Gasteiger partial charge < -0.3 is 14.0 Å². The first-order valence-electron chi connectivity index (χ1n) is 9.58. The fraction of sp³-hybridized carbons (Fsp3) is 0.364. The Kier molecular flexibility index (Phi) is 7.03. The lowest BCUT2D eigenvalue weighted by molar-refractivity contribution is 0.235. The third-order valence-electron chi connectivity index (χ3n) is 4.33. The van der Waals surface area contributed by atoms with Crippen LogP contribution in [0, 0.1) is 6.92 Å². The Hall–Kier alpha value is -2.86. The van der Waals surface area contributed by atoms with Crippen LogP contribution in [0.4, 0.5) is 0 Å². The zero-order valence-electron chi connectivity index (χ0n) is 16.7. The largest absolute Gasteiger partial charge is 0.494 e. The summed E-state index contributed by atoms with van der Waals surface area (Å²) in [6.45, 7) is 6.83. The van der Waals surface area contributed by atoms with Crippen LogP contribution in [-0.4, -0.2) is 41.8 Å². The highest BCUT2D eigenvalue weighted by molar-refractivity contribution is 5.55. The van der Waals surface area contributed by atoms with Crippen LogP contribution in [0.15, 0.2) is 53.1 Å². The van der Waals surface area contributed by atoms with Crippen LogP contribution in [0.5, 0.6) is 11.5 Å². The second-order valence-corrected chi connectivity index (χ2v) is 6.67. The van der Waals surface area contributed by atoms with Gasteiger partial charge in [0.15, 0.2) is 0 Å². The van der Waals surface area contributed by atoms with Crippen molar-refractivity contribution < 1.29 is 14.0 Å². The zero-order valence-corrected chi connectivity index (χ0v) is 16.7. The summed E-state index contributed by atoms with van der Waals surface area (Å²) < 4.78 is 16.7. The fourth-order valence-electron chi connectivity index (χ4n) is 2.85. The fourth-order valence-corrected chi connectivity index (χ4v) is 2.85. The highest BCUT2D eigenvalue weighted by Gasteiger charge is 2.11. The molecule has 0 saturated heterocycles. The molecule has 0 bridgehead atoms. The minimum Gasteiger partial charge on any atom is -0.494 e. The van der Waals surface area contributed by atoms with Gasteiger partial charge in [-0.05, 0) is 63.2 Å². The van der Waals surface area contributed by atoms with Crippen molar-refractivity contribution in [2.75, 3.05) is 26.8 Å². The van der Waals surface area contributed by atoms with Gasteiger partial charge in [0.1, 0.15) is 11.5 Å². The van der Waals surface area contributed by atoms with Gasteiger partial charge in [-0.1, -0.05) is 23.4 Å². The Labute approximate surface area is 166 Å². The van der Waals surface area contributed by atoms with E-state index in [1.54, 1.807) is 0 Å². The number of hydrogen-bond donors (Lipinski definition) is 0. The number of aromatic nitrogens is 2. The van der Waals surface area contributed by atoms with Crippen LogP contribution in [0.2, 0.25) is 0 Å². The van der Waals surface area contributed by atoms with E-state index < -0.39 is 0 Å². The van der Waals surface area contributed by atoms with Gasteiger partial charge in [0.2, 0.25) is 11.7 Å². The highest BCUT2D eigenvalue weighted by atomic mass is 16.5. The molecular formula is C22H27N3O3. The first-order valence-corrected chi connectivity index (χ1v) is 9.58. The Bertz CT molecular complexity index is 861. The number of hydrogen-bond acceptors (Lipinski definition) is 6. The Morgan fingerprint density at radius 2 is 1.82 bits per heavy atom. The molecule has 0 atom stereocenters. The van der Waals surface area contributed by atoms with Crippen molar-refractivity contribution in [3.63, 3.8) is 0 Å². The molecular weight excluding hydrogens is 354 g/mol. The molecule has 0 aliphatic rings. The van der Waals surface area contributed by atoms with Gasteiger partial charge in [0.25, 0.3) is 0 Å². The smallest absolute Gasteiger partial charge is 0.241 e. The minimum absolute atomic E-state index is 0.592. The summed E-state index contributed by atoms with van der Waals surface area (Å²) >= 11 is 0. The summed E-state index contributed by atoms with van der Waals surface area (Å²) in [7, 11) is 2.04. The summed E-state index contributed by atoms with van der Waals surface area (Å²) in [6.07, 6.45) is 0.921. The van der Waals surface area contributed by atoms with Gasteiger partial charge >= 0.3 is 0 Å². The molecule has 3 aromatic rings. The van der Waals surface area contributed by atoms with Gasteiger partial charge in [0, 0.05) is 12.1 Å². The maximum atomic E-state index is 5.84. The molecule has 0 amide bonds. The molecule has 148 valence electrons. The van der Waals surface area contributed by atoms with E-state index >= 15 is 0 Å². The Morgan fingerprint density at radius 3 is 2.57 bits per heavy atom. The maximum Gasteiger partial charge on any atom is 0.241 e. The second kappa shape index (κ2) is 9.90. The first-order chi connectivity index (χ1) is 13.7. The summed E-state index contributed by atoms with van der Waals surface area (Å²) in [5, 5.41) is 4.08. The van der Waals surface area contributed by atoms with Gasteiger partial charge in [-0.25, -0.2) is 0 Å². The van der Waals surface area contributed by atoms with Gasteiger partial charge in [0.05, 0.1) is 19.8 Å². The average molecular weight is 381 g/mol. The van der Waals surface area contributed by atoms with E-state index in [1.807, 2.05) is 56.4 Å². The van der Waals surface area contributed by atoms with E-state index in [0.717, 1.165) is 35.6 Å². The molecule has 0 spiro atoms. The molecule has 0 aliphatic heterocycles. The lowest BCUT2D eigenvalue weighted by Gasteiger charge is -2.14. The van der Waals surface area contributed by atoms with Crippen LogP contribution in [0.3, 0.4) is 0 Å². The van der Waals surface area contributed by atoms with Crippen LogP contribution in [0.25, 0.3) is 11.4 Å². The van der Waals surface area contributed by atoms with E-state index in [-0.39, 0.29) is 0 Å². The monoisotopic (exact) mass is 381 g/mol. The molecule has 0 aliphatic carbocycles. The van der Waals surface area contributed by atoms with Crippen LogP contribution < -0.4 is 9.47 Å². The summed E-state index contributed by atoms with van der Waals surface area (Å²) in [5.74, 6) is 2.98. The zero-order chi connectivity index (χ0) is 19.8. The van der Waals surface area contributed by atoms with Gasteiger partial charge in [-0.15, -0.1) is 0 Å². The lowest BCUT2D eigenvalue weighted by atomic mass is 10.2. The van der Waals surface area contributed by atoms with Crippen molar-refractivity contribution in [3.8, 4) is 22.9 Å². The number of rotatable bonds is 10. The topological polar surface area (TPSA) is 60.6 Å². The quantitative estimate of drug-likeness (QED) is 0.487. The van der Waals surface area contributed by atoms with Crippen LogP contribution >= 0.6 is 0 Å². The predicted molar refractivity (Wildman–Crippen MR) is 109 cm³/mol. The van der Waals surface area contributed by atoms with Gasteiger partial charge in [-0.3, -0.25) is 4.90 Å². The van der Waals surface area contributed by atoms with Crippen molar-refractivity contribution in [3.05, 3.63) is 60.0 Å². The third-order valence-corrected chi connectivity index (χ3v) is 4.33. The van der Waals surface area contributed by atoms with Crippen molar-refractivity contribution in [2.45, 2.75) is 26.8 Å². The molecule has 1 aromatic heterocycles. The Morgan fingerprint density at radius 1 is 1.04 bits per heavy atom. The van der Waals surface area contributed by atoms with Crippen molar-refractivity contribution in [2.24, 2.45) is 0 Å². The molecule has 2 aromatic carbocycles. The third kappa shape index (κ3) is 5.57. The molecule has 0 N–H and O–H groups in total. The predicted octanol–water partition coefficient (Wildman–Crippen LogP) is 4.34. The normalized spacial score (nSPS) is 11.0. The second-order valence-electron chi connectivity index (χ2n) is 6.67. The molecule has 28 heavy (non-hydrogen) atoms. The minimum atomic E-state index is 0.592. The van der Waals surface area contributed by atoms with Crippen molar-refractivity contribution >= 4 is 0 Å². The standard InChI is InChI=1S/C22H27N3O3/c1-4-26-19-12-10-18(11-13-19)22-23-21(28-24-22)16-25(3)14-7-15-27-20-9-6-5-8-17(20)2/h5-6,8-13H,4,7,14-16H2,1-3H3. The molecule has 0 unspecified atom stereocenters. The molecule has 0 fully saturated rings. The van der Waals surface area contributed by atoms with E-state index in [1.165, 1.54) is 0 Å². The molecule has 6 nitrogen and oxygen atoms in total. The first kappa shape index (κ1) is 19.9. The summed E-state index contributed by atoms with van der Waals surface area (Å²) in [4.78, 5) is 6.64. The number of aryl methyl sites for hydroxylation is 1. The van der Waals surface area contributed by atoms with Crippen molar-refractivity contribution in [1.29, 1.82) is 0 Å². The SMILES string of the molecule is CCOc1ccc(-c2noc(CN(C)CCCOc3ccccc3C)n2)cc1. The van der Waals surface area contributed by atoms with Gasteiger partial charge in [-0.2, -0.15) is 4.98 Å². The van der Waals surface area contributed by atoms with Crippen LogP contribution in [0.1, 0.15) is 24.8 Å². The van der Waals surface area contributed by atoms with Crippen LogP contribution in [-0.2, 0) is 6.54 Å². The van der Waals surface area contributed by atoms with E-state index in [2.05, 4.69) is 28.0 Å². The molecule has 3 rings (SSSR count). The summed E-state index contributed by atoms with van der Waals surface area (Å²) in [5.41, 5.74) is 2.07. The summed E-state index contributed by atoms with van der Waals surface area (Å²) in [6, 6.07) is 15.8. The van der Waals surface area contributed by atoms with Crippen molar-refractivity contribution in [1.82, 2.24) is 15.0 Å². The van der Waals surface area contributed by atoms with E-state index in [4.69, 9.17) is 14.0 Å².